The van der Waals surface area contributed by atoms with Crippen LogP contribution in [0.25, 0.3) is 120 Å². The van der Waals surface area contributed by atoms with Crippen molar-refractivity contribution in [2.45, 2.75) is 13.8 Å². The summed E-state index contributed by atoms with van der Waals surface area (Å²) < 4.78 is 5.30. The van der Waals surface area contributed by atoms with E-state index in [9.17, 15) is 0 Å². The van der Waals surface area contributed by atoms with E-state index in [0.29, 0.717) is 0 Å². The van der Waals surface area contributed by atoms with Gasteiger partial charge in [-0.05, 0) is 126 Å². The molecule has 3 heteroatoms. The lowest BCUT2D eigenvalue weighted by molar-refractivity contribution is 1.15. The largest absolute Gasteiger partial charge is 0.310 e. The molecule has 270 valence electrons. The molecule has 15 rings (SSSR count). The fourth-order valence-electron chi connectivity index (χ4n) is 12.2. The van der Waals surface area contributed by atoms with Crippen molar-refractivity contribution in [1.29, 1.82) is 0 Å². The lowest BCUT2D eigenvalue weighted by atomic mass is 9.33. The summed E-state index contributed by atoms with van der Waals surface area (Å²) in [7, 11) is 0. The normalized spacial score (nSPS) is 13.2. The average molecular weight is 745 g/mol. The van der Waals surface area contributed by atoms with Crippen LogP contribution in [0.2, 0.25) is 0 Å². The van der Waals surface area contributed by atoms with Gasteiger partial charge in [-0.25, -0.2) is 0 Å². The molecule has 0 unspecified atom stereocenters. The standard InChI is InChI=1S/C56H33BN2/c1-30-22-25-47-42(26-30)44-27-31(2)28-46-54(44)58(47)48-20-11-21-49-52(48)57(46)53-50-38-18-9-7-14-34(38)33-13-4-6-17-37(33)43(50)29-45-41-24-23-40-36-16-5-3-12-32(36)35-15-8-10-19-39(35)51(40)55(41)59(49)56(45)53/h3-29H,1-2H3. The zero-order valence-electron chi connectivity index (χ0n) is 32.6. The van der Waals surface area contributed by atoms with Crippen LogP contribution in [0.4, 0.5) is 0 Å². The smallest absolute Gasteiger partial charge is 0.253 e. The van der Waals surface area contributed by atoms with Gasteiger partial charge in [-0.1, -0.05) is 139 Å². The van der Waals surface area contributed by atoms with E-state index < -0.39 is 0 Å². The van der Waals surface area contributed by atoms with Crippen LogP contribution in [0.15, 0.2) is 164 Å². The third kappa shape index (κ3) is 3.52. The highest BCUT2D eigenvalue weighted by atomic mass is 15.0. The van der Waals surface area contributed by atoms with Gasteiger partial charge in [0.2, 0.25) is 0 Å². The van der Waals surface area contributed by atoms with Gasteiger partial charge >= 0.3 is 0 Å². The molecular formula is C56H33BN2. The maximum Gasteiger partial charge on any atom is 0.253 e. The Bertz CT molecular complexity index is 4130. The molecule has 2 aliphatic heterocycles. The summed E-state index contributed by atoms with van der Waals surface area (Å²) in [6.45, 7) is 4.54. The highest BCUT2D eigenvalue weighted by Gasteiger charge is 2.42. The minimum Gasteiger partial charge on any atom is -0.310 e. The van der Waals surface area contributed by atoms with Crippen molar-refractivity contribution in [2.24, 2.45) is 0 Å². The molecule has 0 spiro atoms. The first kappa shape index (κ1) is 30.7. The fourth-order valence-corrected chi connectivity index (χ4v) is 12.2. The molecule has 0 bridgehead atoms. The highest BCUT2D eigenvalue weighted by Crippen LogP contribution is 2.47. The Morgan fingerprint density at radius 2 is 0.847 bits per heavy atom. The predicted octanol–water partition coefficient (Wildman–Crippen LogP) is 12.6. The first-order valence-electron chi connectivity index (χ1n) is 20.9. The Kier molecular flexibility index (Phi) is 5.41. The van der Waals surface area contributed by atoms with Crippen molar-refractivity contribution in [3.8, 4) is 11.4 Å². The van der Waals surface area contributed by atoms with Crippen LogP contribution in [-0.2, 0) is 0 Å². The van der Waals surface area contributed by atoms with Crippen molar-refractivity contribution in [3.05, 3.63) is 175 Å². The van der Waals surface area contributed by atoms with Crippen LogP contribution < -0.4 is 16.4 Å². The molecule has 13 aromatic rings. The summed E-state index contributed by atoms with van der Waals surface area (Å²) in [6.07, 6.45) is 0. The maximum absolute atomic E-state index is 2.70. The number of aromatic nitrogens is 2. The van der Waals surface area contributed by atoms with Crippen LogP contribution in [0, 0.1) is 13.8 Å². The van der Waals surface area contributed by atoms with Gasteiger partial charge in [0, 0.05) is 43.8 Å². The van der Waals surface area contributed by atoms with Gasteiger partial charge in [0.25, 0.3) is 6.71 Å². The number of rotatable bonds is 0. The molecule has 4 heterocycles. The van der Waals surface area contributed by atoms with Gasteiger partial charge in [-0.3, -0.25) is 0 Å². The second-order valence-electron chi connectivity index (χ2n) is 17.3. The summed E-state index contributed by atoms with van der Waals surface area (Å²) in [5.41, 5.74) is 14.6. The summed E-state index contributed by atoms with van der Waals surface area (Å²) in [4.78, 5) is 0. The topological polar surface area (TPSA) is 9.86 Å². The fraction of sp³-hybridized carbons (Fsp3) is 0.0357. The molecule has 0 radical (unpaired) electrons. The summed E-state index contributed by atoms with van der Waals surface area (Å²) in [5.74, 6) is 0. The molecule has 0 aliphatic carbocycles. The Morgan fingerprint density at radius 3 is 1.53 bits per heavy atom. The molecule has 2 nitrogen and oxygen atoms in total. The van der Waals surface area contributed by atoms with E-state index in [-0.39, 0.29) is 6.71 Å². The van der Waals surface area contributed by atoms with E-state index in [1.54, 1.807) is 0 Å². The van der Waals surface area contributed by atoms with Crippen LogP contribution in [0.5, 0.6) is 0 Å². The van der Waals surface area contributed by atoms with Gasteiger partial charge in [0.1, 0.15) is 0 Å². The van der Waals surface area contributed by atoms with Crippen LogP contribution in [0.1, 0.15) is 11.1 Å². The Labute approximate surface area is 339 Å². The average Bonchev–Trinajstić information content (AvgIpc) is 3.79. The van der Waals surface area contributed by atoms with Crippen molar-refractivity contribution in [1.82, 2.24) is 9.13 Å². The second kappa shape index (κ2) is 10.4. The minimum absolute atomic E-state index is 0.0259. The number of hydrogen-bond donors (Lipinski definition) is 0. The minimum atomic E-state index is 0.0259. The highest BCUT2D eigenvalue weighted by molar-refractivity contribution is 7.02. The second-order valence-corrected chi connectivity index (χ2v) is 17.3. The van der Waals surface area contributed by atoms with Crippen molar-refractivity contribution in [3.63, 3.8) is 0 Å². The molecule has 0 amide bonds. The van der Waals surface area contributed by atoms with Gasteiger partial charge in [0.15, 0.2) is 0 Å². The Hall–Kier alpha value is -7.36. The third-order valence-electron chi connectivity index (χ3n) is 14.3. The van der Waals surface area contributed by atoms with Crippen molar-refractivity contribution < 1.29 is 0 Å². The third-order valence-corrected chi connectivity index (χ3v) is 14.3. The molecule has 2 aliphatic rings. The predicted molar refractivity (Wildman–Crippen MR) is 254 cm³/mol. The molecule has 0 saturated heterocycles. The van der Waals surface area contributed by atoms with E-state index in [1.165, 1.54) is 147 Å². The van der Waals surface area contributed by atoms with E-state index in [4.69, 9.17) is 0 Å². The molecule has 59 heavy (non-hydrogen) atoms. The molecular weight excluding hydrogens is 711 g/mol. The maximum atomic E-state index is 2.70. The lowest BCUT2D eigenvalue weighted by Crippen LogP contribution is -2.59. The summed E-state index contributed by atoms with van der Waals surface area (Å²) in [6, 6.07) is 62.8. The van der Waals surface area contributed by atoms with Crippen molar-refractivity contribution in [2.75, 3.05) is 0 Å². The number of benzene rings is 11. The number of aryl methyl sites for hydroxylation is 2. The first-order valence-corrected chi connectivity index (χ1v) is 20.9. The van der Waals surface area contributed by atoms with Crippen LogP contribution in [-0.4, -0.2) is 15.8 Å². The molecule has 0 fully saturated rings. The van der Waals surface area contributed by atoms with Gasteiger partial charge in [-0.2, -0.15) is 0 Å². The Balaban J connectivity index is 1.28. The van der Waals surface area contributed by atoms with Gasteiger partial charge in [0.05, 0.1) is 16.6 Å². The van der Waals surface area contributed by atoms with E-state index >= 15 is 0 Å². The monoisotopic (exact) mass is 744 g/mol. The molecule has 0 saturated carbocycles. The lowest BCUT2D eigenvalue weighted by Gasteiger charge is -2.35. The molecule has 0 atom stereocenters. The van der Waals surface area contributed by atoms with E-state index in [0.717, 1.165) is 0 Å². The van der Waals surface area contributed by atoms with Crippen LogP contribution >= 0.6 is 0 Å². The number of nitrogens with zero attached hydrogens (tertiary/aromatic N) is 2. The van der Waals surface area contributed by atoms with Crippen LogP contribution in [0.3, 0.4) is 0 Å². The van der Waals surface area contributed by atoms with Gasteiger partial charge < -0.3 is 9.13 Å². The Morgan fingerprint density at radius 1 is 0.322 bits per heavy atom. The first-order chi connectivity index (χ1) is 29.1. The molecule has 11 aromatic carbocycles. The SMILES string of the molecule is Cc1ccc2c(c1)c1cc(C)cc3c1n2-c1cccc2c1B3c1c3c4ccccc4c4ccccc4c3cc3c4ccc5c6ccccc6c6ccccc6c5c4n-2c13. The number of fused-ring (bicyclic) bond motifs is 24. The molecule has 0 N–H and O–H groups in total. The zero-order valence-corrected chi connectivity index (χ0v) is 32.6. The summed E-state index contributed by atoms with van der Waals surface area (Å²) >= 11 is 0. The quantitative estimate of drug-likeness (QED) is 0.108. The van der Waals surface area contributed by atoms with E-state index in [2.05, 4.69) is 187 Å². The molecule has 2 aromatic heterocycles. The summed E-state index contributed by atoms with van der Waals surface area (Å²) in [5, 5.41) is 21.1. The van der Waals surface area contributed by atoms with Gasteiger partial charge in [-0.15, -0.1) is 0 Å². The number of hydrogen-bond acceptors (Lipinski definition) is 0. The zero-order chi connectivity index (χ0) is 38.4. The van der Waals surface area contributed by atoms with Crippen molar-refractivity contribution >= 4 is 131 Å². The van der Waals surface area contributed by atoms with E-state index in [1.807, 2.05) is 0 Å².